The fourth-order valence-electron chi connectivity index (χ4n) is 1.76. The van der Waals surface area contributed by atoms with Crippen molar-refractivity contribution in [3.63, 3.8) is 0 Å². The maximum Gasteiger partial charge on any atom is 0.252 e. The van der Waals surface area contributed by atoms with E-state index in [0.29, 0.717) is 11.4 Å². The van der Waals surface area contributed by atoms with Gasteiger partial charge in [-0.05, 0) is 32.4 Å². The van der Waals surface area contributed by atoms with Crippen LogP contribution in [0.25, 0.3) is 0 Å². The quantitative estimate of drug-likeness (QED) is 0.854. The molecule has 0 bridgehead atoms. The molecule has 6 nitrogen and oxygen atoms in total. The van der Waals surface area contributed by atoms with Crippen molar-refractivity contribution in [2.75, 3.05) is 0 Å². The van der Waals surface area contributed by atoms with Gasteiger partial charge in [-0.3, -0.25) is 4.79 Å². The third-order valence-electron chi connectivity index (χ3n) is 2.72. The number of H-pyrrole nitrogens is 1. The Hall–Kier alpha value is -2.24. The zero-order chi connectivity index (χ0) is 13.1. The van der Waals surface area contributed by atoms with Gasteiger partial charge >= 0.3 is 0 Å². The highest BCUT2D eigenvalue weighted by molar-refractivity contribution is 5.95. The van der Waals surface area contributed by atoms with Crippen LogP contribution in [0.4, 0.5) is 0 Å². The zero-order valence-corrected chi connectivity index (χ0v) is 10.6. The number of benzene rings is 1. The van der Waals surface area contributed by atoms with Gasteiger partial charge in [0.25, 0.3) is 5.91 Å². The molecule has 0 saturated heterocycles. The van der Waals surface area contributed by atoms with Crippen LogP contribution in [-0.4, -0.2) is 26.5 Å². The lowest BCUT2D eigenvalue weighted by atomic mass is 10.0. The number of amides is 1. The Balaban J connectivity index is 2.12. The van der Waals surface area contributed by atoms with Crippen molar-refractivity contribution in [2.45, 2.75) is 26.8 Å². The van der Waals surface area contributed by atoms with Crippen LogP contribution in [0.1, 0.15) is 40.3 Å². The SMILES string of the molecule is Cc1ccc(C(=O)NC(C)c2nn[nH]n2)c(C)c1. The van der Waals surface area contributed by atoms with Gasteiger partial charge in [0.05, 0.1) is 6.04 Å². The summed E-state index contributed by atoms with van der Waals surface area (Å²) in [5.41, 5.74) is 2.75. The molecule has 2 aromatic rings. The topological polar surface area (TPSA) is 83.6 Å². The largest absolute Gasteiger partial charge is 0.342 e. The molecule has 1 heterocycles. The molecule has 1 aromatic heterocycles. The van der Waals surface area contributed by atoms with E-state index in [9.17, 15) is 4.79 Å². The van der Waals surface area contributed by atoms with Crippen molar-refractivity contribution in [2.24, 2.45) is 0 Å². The highest BCUT2D eigenvalue weighted by atomic mass is 16.1. The normalized spacial score (nSPS) is 12.2. The number of rotatable bonds is 3. The molecular formula is C12H15N5O. The Bertz CT molecular complexity index is 550. The fraction of sp³-hybridized carbons (Fsp3) is 0.333. The minimum absolute atomic E-state index is 0.134. The Kier molecular flexibility index (Phi) is 3.36. The standard InChI is InChI=1S/C12H15N5O/c1-7-4-5-10(8(2)6-7)12(18)13-9(3)11-14-16-17-15-11/h4-6,9H,1-3H3,(H,13,18)(H,14,15,16,17). The van der Waals surface area contributed by atoms with E-state index in [1.54, 1.807) is 0 Å². The molecule has 2 N–H and O–H groups in total. The van der Waals surface area contributed by atoms with Crippen molar-refractivity contribution >= 4 is 5.91 Å². The van der Waals surface area contributed by atoms with Crippen LogP contribution in [-0.2, 0) is 0 Å². The van der Waals surface area contributed by atoms with Crippen LogP contribution in [0.2, 0.25) is 0 Å². The van der Waals surface area contributed by atoms with Gasteiger partial charge in [0, 0.05) is 5.56 Å². The average Bonchev–Trinajstić information content (AvgIpc) is 2.81. The van der Waals surface area contributed by atoms with Crippen LogP contribution in [0.15, 0.2) is 18.2 Å². The molecule has 94 valence electrons. The number of aromatic amines is 1. The van der Waals surface area contributed by atoms with Crippen LogP contribution < -0.4 is 5.32 Å². The first-order valence-corrected chi connectivity index (χ1v) is 5.69. The molecule has 0 spiro atoms. The number of hydrogen-bond acceptors (Lipinski definition) is 4. The van der Waals surface area contributed by atoms with Crippen LogP contribution >= 0.6 is 0 Å². The van der Waals surface area contributed by atoms with E-state index in [4.69, 9.17) is 0 Å². The lowest BCUT2D eigenvalue weighted by molar-refractivity contribution is 0.0937. The molecule has 1 aromatic carbocycles. The summed E-state index contributed by atoms with van der Waals surface area (Å²) in [6.07, 6.45) is 0. The molecule has 18 heavy (non-hydrogen) atoms. The highest BCUT2D eigenvalue weighted by Gasteiger charge is 2.15. The number of nitrogens with zero attached hydrogens (tertiary/aromatic N) is 3. The van der Waals surface area contributed by atoms with Gasteiger partial charge in [0.1, 0.15) is 0 Å². The molecule has 0 aliphatic rings. The summed E-state index contributed by atoms with van der Waals surface area (Å²) >= 11 is 0. The lowest BCUT2D eigenvalue weighted by Crippen LogP contribution is -2.28. The first-order valence-electron chi connectivity index (χ1n) is 5.69. The van der Waals surface area contributed by atoms with Crippen molar-refractivity contribution in [1.29, 1.82) is 0 Å². The van der Waals surface area contributed by atoms with Gasteiger partial charge in [0.15, 0.2) is 5.82 Å². The molecule has 0 fully saturated rings. The highest BCUT2D eigenvalue weighted by Crippen LogP contribution is 2.12. The summed E-state index contributed by atoms with van der Waals surface area (Å²) in [6, 6.07) is 5.44. The number of carbonyl (C=O) groups is 1. The molecule has 2 rings (SSSR count). The zero-order valence-electron chi connectivity index (χ0n) is 10.6. The van der Waals surface area contributed by atoms with Crippen molar-refractivity contribution in [1.82, 2.24) is 25.9 Å². The minimum Gasteiger partial charge on any atom is -0.342 e. The van der Waals surface area contributed by atoms with E-state index in [0.717, 1.165) is 11.1 Å². The molecule has 0 saturated carbocycles. The summed E-state index contributed by atoms with van der Waals surface area (Å²) < 4.78 is 0. The lowest BCUT2D eigenvalue weighted by Gasteiger charge is -2.11. The van der Waals surface area contributed by atoms with Crippen molar-refractivity contribution in [3.8, 4) is 0 Å². The molecule has 1 amide bonds. The molecular weight excluding hydrogens is 230 g/mol. The molecule has 1 atom stereocenters. The molecule has 6 heteroatoms. The second kappa shape index (κ2) is 4.95. The third-order valence-corrected chi connectivity index (χ3v) is 2.72. The smallest absolute Gasteiger partial charge is 0.252 e. The van der Waals surface area contributed by atoms with Crippen molar-refractivity contribution in [3.05, 3.63) is 40.7 Å². The van der Waals surface area contributed by atoms with Gasteiger partial charge in [-0.2, -0.15) is 5.21 Å². The van der Waals surface area contributed by atoms with Crippen LogP contribution in [0.3, 0.4) is 0 Å². The minimum atomic E-state index is -0.281. The first kappa shape index (κ1) is 12.2. The molecule has 0 aliphatic heterocycles. The van der Waals surface area contributed by atoms with E-state index in [-0.39, 0.29) is 11.9 Å². The number of hydrogen-bond donors (Lipinski definition) is 2. The predicted octanol–water partition coefficient (Wildman–Crippen LogP) is 1.31. The van der Waals surface area contributed by atoms with E-state index < -0.39 is 0 Å². The van der Waals surface area contributed by atoms with Gasteiger partial charge < -0.3 is 5.32 Å². The average molecular weight is 245 g/mol. The van der Waals surface area contributed by atoms with Crippen LogP contribution in [0, 0.1) is 13.8 Å². The molecule has 0 radical (unpaired) electrons. The fourth-order valence-corrected chi connectivity index (χ4v) is 1.76. The Morgan fingerprint density at radius 1 is 1.39 bits per heavy atom. The predicted molar refractivity (Wildman–Crippen MR) is 66.0 cm³/mol. The Labute approximate surface area is 105 Å². The van der Waals surface area contributed by atoms with E-state index >= 15 is 0 Å². The van der Waals surface area contributed by atoms with Crippen molar-refractivity contribution < 1.29 is 4.79 Å². The summed E-state index contributed by atoms with van der Waals surface area (Å²) in [7, 11) is 0. The summed E-state index contributed by atoms with van der Waals surface area (Å²) in [4.78, 5) is 12.1. The number of tetrazole rings is 1. The maximum atomic E-state index is 12.1. The Morgan fingerprint density at radius 2 is 2.17 bits per heavy atom. The number of aromatic nitrogens is 4. The maximum absolute atomic E-state index is 12.1. The number of nitrogens with one attached hydrogen (secondary N) is 2. The number of carbonyl (C=O) groups excluding carboxylic acids is 1. The molecule has 1 unspecified atom stereocenters. The second-order valence-electron chi connectivity index (χ2n) is 4.28. The summed E-state index contributed by atoms with van der Waals surface area (Å²) in [5, 5.41) is 16.3. The number of aryl methyl sites for hydroxylation is 2. The van der Waals surface area contributed by atoms with E-state index in [2.05, 4.69) is 25.9 Å². The van der Waals surface area contributed by atoms with Gasteiger partial charge in [-0.25, -0.2) is 0 Å². The molecule has 0 aliphatic carbocycles. The monoisotopic (exact) mass is 245 g/mol. The van der Waals surface area contributed by atoms with Crippen LogP contribution in [0.5, 0.6) is 0 Å². The summed E-state index contributed by atoms with van der Waals surface area (Å²) in [5.74, 6) is 0.331. The summed E-state index contributed by atoms with van der Waals surface area (Å²) in [6.45, 7) is 5.73. The van der Waals surface area contributed by atoms with Gasteiger partial charge in [-0.15, -0.1) is 10.2 Å². The van der Waals surface area contributed by atoms with E-state index in [1.807, 2.05) is 39.0 Å². The third kappa shape index (κ3) is 2.53. The van der Waals surface area contributed by atoms with E-state index in [1.165, 1.54) is 0 Å². The second-order valence-corrected chi connectivity index (χ2v) is 4.28. The Morgan fingerprint density at radius 3 is 2.78 bits per heavy atom. The van der Waals surface area contributed by atoms with Gasteiger partial charge in [-0.1, -0.05) is 22.9 Å². The first-order chi connectivity index (χ1) is 8.58. The van der Waals surface area contributed by atoms with Gasteiger partial charge in [0.2, 0.25) is 0 Å².